The minimum atomic E-state index is -0.934. The monoisotopic (exact) mass is 359 g/mol. The third-order valence-electron chi connectivity index (χ3n) is 6.16. The largest absolute Gasteiger partial charge is 0.480 e. The highest BCUT2D eigenvalue weighted by atomic mass is 16.4. The van der Waals surface area contributed by atoms with Crippen molar-refractivity contribution in [3.8, 4) is 0 Å². The van der Waals surface area contributed by atoms with Gasteiger partial charge in [-0.15, -0.1) is 0 Å². The third kappa shape index (κ3) is 2.89. The number of aliphatic carboxylic acids is 1. The molecule has 3 unspecified atom stereocenters. The predicted molar refractivity (Wildman–Crippen MR) is 93.9 cm³/mol. The number of carbonyl (C=O) groups is 3. The molecular formula is C19H25N3O4. The number of nitrogens with one attached hydrogen (secondary N) is 1. The van der Waals surface area contributed by atoms with Gasteiger partial charge in [0.25, 0.3) is 11.8 Å². The molecule has 1 aromatic rings. The fourth-order valence-corrected chi connectivity index (χ4v) is 4.85. The van der Waals surface area contributed by atoms with E-state index in [9.17, 15) is 19.5 Å². The molecule has 2 aliphatic heterocycles. The number of carboxylic acid groups (broad SMARTS) is 1. The molecule has 3 fully saturated rings. The Labute approximate surface area is 152 Å². The van der Waals surface area contributed by atoms with Crippen LogP contribution < -0.4 is 0 Å². The van der Waals surface area contributed by atoms with Gasteiger partial charge in [-0.3, -0.25) is 9.59 Å². The second-order valence-corrected chi connectivity index (χ2v) is 7.72. The first-order valence-electron chi connectivity index (χ1n) is 9.59. The van der Waals surface area contributed by atoms with Crippen LogP contribution in [0.4, 0.5) is 0 Å². The minimum absolute atomic E-state index is 0.00461. The highest BCUT2D eigenvalue weighted by Crippen LogP contribution is 2.40. The topological polar surface area (TPSA) is 93.7 Å². The van der Waals surface area contributed by atoms with Gasteiger partial charge >= 0.3 is 5.97 Å². The summed E-state index contributed by atoms with van der Waals surface area (Å²) in [4.78, 5) is 43.6. The van der Waals surface area contributed by atoms with Crippen LogP contribution in [0.2, 0.25) is 0 Å². The number of nitrogens with zero attached hydrogens (tertiary/aromatic N) is 2. The third-order valence-corrected chi connectivity index (χ3v) is 6.16. The van der Waals surface area contributed by atoms with Gasteiger partial charge in [-0.1, -0.05) is 12.8 Å². The fourth-order valence-electron chi connectivity index (χ4n) is 4.85. The highest BCUT2D eigenvalue weighted by molar-refractivity contribution is 6.00. The first-order valence-corrected chi connectivity index (χ1v) is 9.59. The average molecular weight is 359 g/mol. The molecule has 140 valence electrons. The molecule has 1 aromatic heterocycles. The predicted octanol–water partition coefficient (Wildman–Crippen LogP) is 2.11. The van der Waals surface area contributed by atoms with Crippen LogP contribution in [0.1, 0.15) is 65.8 Å². The average Bonchev–Trinajstić information content (AvgIpc) is 3.39. The van der Waals surface area contributed by atoms with Crippen LogP contribution in [0.15, 0.2) is 12.3 Å². The van der Waals surface area contributed by atoms with Gasteiger partial charge < -0.3 is 19.9 Å². The molecule has 4 rings (SSSR count). The summed E-state index contributed by atoms with van der Waals surface area (Å²) >= 11 is 0. The van der Waals surface area contributed by atoms with Gasteiger partial charge in [0.05, 0.1) is 5.56 Å². The summed E-state index contributed by atoms with van der Waals surface area (Å²) in [5.74, 6) is -1.02. The quantitative estimate of drug-likeness (QED) is 0.864. The summed E-state index contributed by atoms with van der Waals surface area (Å²) in [7, 11) is 0. The molecule has 1 saturated carbocycles. The molecule has 7 nitrogen and oxygen atoms in total. The van der Waals surface area contributed by atoms with E-state index in [1.54, 1.807) is 22.1 Å². The number of carbonyl (C=O) groups excluding carboxylic acids is 2. The Balaban J connectivity index is 1.56. The number of hydrogen-bond acceptors (Lipinski definition) is 3. The first-order chi connectivity index (χ1) is 12.6. The van der Waals surface area contributed by atoms with Crippen LogP contribution in [0.3, 0.4) is 0 Å². The van der Waals surface area contributed by atoms with Crippen molar-refractivity contribution in [1.82, 2.24) is 14.8 Å². The molecule has 2 amide bonds. The Bertz CT molecular complexity index is 722. The van der Waals surface area contributed by atoms with Crippen LogP contribution in [-0.4, -0.2) is 62.8 Å². The van der Waals surface area contributed by atoms with Crippen molar-refractivity contribution in [2.75, 3.05) is 13.1 Å². The lowest BCUT2D eigenvalue weighted by molar-refractivity contribution is -0.141. The zero-order chi connectivity index (χ0) is 18.3. The normalized spacial score (nSPS) is 28.2. The maximum absolute atomic E-state index is 13.1. The standard InChI is InChI=1S/C19H25N3O4/c23-17(13-9-14(20-11-13)18(24)21-7-3-4-8-21)22-15-6-2-1-5-12(15)10-16(22)19(25)26/h9,11-12,15-16,20H,1-8,10H2,(H,25,26). The molecule has 0 bridgehead atoms. The maximum atomic E-state index is 13.1. The molecule has 26 heavy (non-hydrogen) atoms. The van der Waals surface area contributed by atoms with Gasteiger partial charge in [-0.25, -0.2) is 4.79 Å². The van der Waals surface area contributed by atoms with Gasteiger partial charge in [-0.2, -0.15) is 0 Å². The van der Waals surface area contributed by atoms with Gasteiger partial charge in [0.1, 0.15) is 11.7 Å². The van der Waals surface area contributed by atoms with E-state index >= 15 is 0 Å². The molecule has 2 N–H and O–H groups in total. The molecular weight excluding hydrogens is 334 g/mol. The van der Waals surface area contributed by atoms with Gasteiger partial charge in [0, 0.05) is 25.3 Å². The number of aromatic nitrogens is 1. The Morgan fingerprint density at radius 3 is 2.50 bits per heavy atom. The zero-order valence-corrected chi connectivity index (χ0v) is 14.8. The number of rotatable bonds is 3. The van der Waals surface area contributed by atoms with E-state index in [1.807, 2.05) is 0 Å². The maximum Gasteiger partial charge on any atom is 0.326 e. The van der Waals surface area contributed by atoms with Crippen LogP contribution in [0.25, 0.3) is 0 Å². The van der Waals surface area contributed by atoms with Crippen molar-refractivity contribution in [3.63, 3.8) is 0 Å². The van der Waals surface area contributed by atoms with E-state index in [2.05, 4.69) is 4.98 Å². The fraction of sp³-hybridized carbons (Fsp3) is 0.632. The van der Waals surface area contributed by atoms with Crippen molar-refractivity contribution < 1.29 is 19.5 Å². The molecule has 3 aliphatic rings. The number of carboxylic acids is 1. The highest BCUT2D eigenvalue weighted by Gasteiger charge is 2.47. The van der Waals surface area contributed by atoms with E-state index in [0.29, 0.717) is 17.7 Å². The second kappa shape index (κ2) is 6.78. The number of H-pyrrole nitrogens is 1. The molecule has 2 saturated heterocycles. The smallest absolute Gasteiger partial charge is 0.326 e. The lowest BCUT2D eigenvalue weighted by atomic mass is 9.84. The number of hydrogen-bond donors (Lipinski definition) is 2. The van der Waals surface area contributed by atoms with E-state index in [-0.39, 0.29) is 23.8 Å². The number of amides is 2. The minimum Gasteiger partial charge on any atom is -0.480 e. The van der Waals surface area contributed by atoms with E-state index in [1.165, 1.54) is 0 Å². The summed E-state index contributed by atoms with van der Waals surface area (Å²) < 4.78 is 0. The summed E-state index contributed by atoms with van der Waals surface area (Å²) in [6.07, 6.45) is 8.09. The van der Waals surface area contributed by atoms with Crippen LogP contribution in [0, 0.1) is 5.92 Å². The summed E-state index contributed by atoms with van der Waals surface area (Å²) in [6.45, 7) is 1.50. The Hall–Kier alpha value is -2.31. The second-order valence-electron chi connectivity index (χ2n) is 7.72. The molecule has 0 radical (unpaired) electrons. The van der Waals surface area contributed by atoms with Crippen molar-refractivity contribution in [1.29, 1.82) is 0 Å². The lowest BCUT2D eigenvalue weighted by Crippen LogP contribution is -2.46. The van der Waals surface area contributed by atoms with Crippen molar-refractivity contribution in [3.05, 3.63) is 23.5 Å². The Kier molecular flexibility index (Phi) is 4.46. The summed E-state index contributed by atoms with van der Waals surface area (Å²) in [6, 6.07) is 0.825. The molecule has 3 heterocycles. The van der Waals surface area contributed by atoms with Crippen LogP contribution in [-0.2, 0) is 4.79 Å². The van der Waals surface area contributed by atoms with E-state index < -0.39 is 12.0 Å². The molecule has 0 aromatic carbocycles. The molecule has 7 heteroatoms. The van der Waals surface area contributed by atoms with Crippen LogP contribution >= 0.6 is 0 Å². The summed E-state index contributed by atoms with van der Waals surface area (Å²) in [5.41, 5.74) is 0.784. The molecule has 1 aliphatic carbocycles. The first kappa shape index (κ1) is 17.1. The molecule has 0 spiro atoms. The number of likely N-dealkylation sites (tertiary alicyclic amines) is 2. The summed E-state index contributed by atoms with van der Waals surface area (Å²) in [5, 5.41) is 9.60. The van der Waals surface area contributed by atoms with Crippen molar-refractivity contribution >= 4 is 17.8 Å². The number of aromatic amines is 1. The molecule has 3 atom stereocenters. The van der Waals surface area contributed by atoms with Crippen molar-refractivity contribution in [2.45, 2.75) is 57.0 Å². The van der Waals surface area contributed by atoms with Crippen LogP contribution in [0.5, 0.6) is 0 Å². The van der Waals surface area contributed by atoms with E-state index in [0.717, 1.165) is 51.6 Å². The zero-order valence-electron chi connectivity index (χ0n) is 14.8. The number of fused-ring (bicyclic) bond motifs is 1. The SMILES string of the molecule is O=C(O)C1CC2CCCCC2N1C(=O)c1c[nH]c(C(=O)N2CCCC2)c1. The lowest BCUT2D eigenvalue weighted by Gasteiger charge is -2.32. The Morgan fingerprint density at radius 1 is 1.04 bits per heavy atom. The van der Waals surface area contributed by atoms with Gasteiger partial charge in [0.2, 0.25) is 0 Å². The van der Waals surface area contributed by atoms with Crippen molar-refractivity contribution in [2.24, 2.45) is 5.92 Å². The van der Waals surface area contributed by atoms with Gasteiger partial charge in [0.15, 0.2) is 0 Å². The van der Waals surface area contributed by atoms with E-state index in [4.69, 9.17) is 0 Å². The van der Waals surface area contributed by atoms with Gasteiger partial charge in [-0.05, 0) is 44.1 Å². The Morgan fingerprint density at radius 2 is 1.77 bits per heavy atom.